The van der Waals surface area contributed by atoms with Gasteiger partial charge in [0, 0.05) is 15.6 Å². The largest absolute Gasteiger partial charge is 0.310 e. The Kier molecular flexibility index (Phi) is 4.40. The van der Waals surface area contributed by atoms with Gasteiger partial charge in [-0.15, -0.1) is 0 Å². The third kappa shape index (κ3) is 2.93. The Hall–Kier alpha value is -3.62. The van der Waals surface area contributed by atoms with Crippen LogP contribution in [0.1, 0.15) is 25.0 Å². The van der Waals surface area contributed by atoms with Crippen LogP contribution in [0.5, 0.6) is 0 Å². The first-order valence-corrected chi connectivity index (χ1v) is 12.9. The number of para-hydroxylation sites is 1. The molecule has 7 rings (SSSR count). The van der Waals surface area contributed by atoms with Gasteiger partial charge in [0.25, 0.3) is 0 Å². The summed E-state index contributed by atoms with van der Waals surface area (Å²) in [5.74, 6) is 0. The van der Waals surface area contributed by atoms with Crippen molar-refractivity contribution in [2.75, 3.05) is 4.90 Å². The van der Waals surface area contributed by atoms with Gasteiger partial charge in [0.2, 0.25) is 0 Å². The highest BCUT2D eigenvalue weighted by Gasteiger charge is 2.37. The van der Waals surface area contributed by atoms with Gasteiger partial charge in [0.1, 0.15) is 0 Å². The van der Waals surface area contributed by atoms with E-state index in [1.54, 1.807) is 0 Å². The van der Waals surface area contributed by atoms with Crippen molar-refractivity contribution in [3.63, 3.8) is 0 Å². The van der Waals surface area contributed by atoms with E-state index < -0.39 is 0 Å². The molecule has 0 aliphatic carbocycles. The summed E-state index contributed by atoms with van der Waals surface area (Å²) in [6, 6.07) is 40.0. The first kappa shape index (κ1) is 20.7. The second-order valence-electron chi connectivity index (χ2n) is 9.96. The van der Waals surface area contributed by atoms with Crippen LogP contribution in [0.15, 0.2) is 114 Å². The summed E-state index contributed by atoms with van der Waals surface area (Å²) in [6.45, 7) is 4.71. The zero-order valence-corrected chi connectivity index (χ0v) is 21.3. The Morgan fingerprint density at radius 3 is 1.66 bits per heavy atom. The summed E-state index contributed by atoms with van der Waals surface area (Å²) in [6.07, 6.45) is 0. The number of nitrogens with zero attached hydrogens (tertiary/aromatic N) is 1. The number of anilines is 3. The van der Waals surface area contributed by atoms with E-state index in [1.165, 1.54) is 60.5 Å². The van der Waals surface area contributed by atoms with Crippen molar-refractivity contribution in [2.45, 2.75) is 19.3 Å². The predicted octanol–water partition coefficient (Wildman–Crippen LogP) is 10.0. The molecule has 0 saturated heterocycles. The van der Waals surface area contributed by atoms with Crippen LogP contribution in [0.2, 0.25) is 0 Å². The van der Waals surface area contributed by atoms with Crippen LogP contribution in [0.4, 0.5) is 17.1 Å². The van der Waals surface area contributed by atoms with Crippen LogP contribution in [0.3, 0.4) is 0 Å². The minimum atomic E-state index is -0.152. The van der Waals surface area contributed by atoms with Crippen molar-refractivity contribution >= 4 is 65.3 Å². The normalized spacial score (nSPS) is 14.3. The van der Waals surface area contributed by atoms with Crippen molar-refractivity contribution in [3.8, 4) is 0 Å². The molecule has 0 radical (unpaired) electrons. The molecule has 0 atom stereocenters. The molecule has 0 spiro atoms. The molecule has 1 aliphatic rings. The summed E-state index contributed by atoms with van der Waals surface area (Å²) in [5.41, 5.74) is 6.19. The van der Waals surface area contributed by atoms with E-state index in [2.05, 4.69) is 144 Å². The number of benzene rings is 6. The van der Waals surface area contributed by atoms with Gasteiger partial charge < -0.3 is 4.90 Å². The molecule has 0 fully saturated rings. The molecule has 168 valence electrons. The molecule has 0 unspecified atom stereocenters. The maximum atomic E-state index is 3.74. The standard InChI is InChI=1S/C33H24BrN/c1-33(2)29-18-21(34)16-17-31(29)35(22-10-4-3-5-11-22)32-20-28-26-15-9-7-13-24(26)23-12-6-8-14-25(23)27(28)19-30(32)33/h3-20H,1-2H3. The second kappa shape index (κ2) is 7.44. The molecule has 0 N–H and O–H groups in total. The van der Waals surface area contributed by atoms with Crippen LogP contribution in [-0.2, 0) is 5.41 Å². The zero-order valence-electron chi connectivity index (χ0n) is 19.7. The Balaban J connectivity index is 1.67. The molecule has 6 aromatic rings. The minimum absolute atomic E-state index is 0.152. The fourth-order valence-corrected chi connectivity index (χ4v) is 6.32. The molecule has 1 nitrogen and oxygen atoms in total. The van der Waals surface area contributed by atoms with Crippen molar-refractivity contribution in [2.24, 2.45) is 0 Å². The first-order chi connectivity index (χ1) is 17.0. The summed E-state index contributed by atoms with van der Waals surface area (Å²) in [7, 11) is 0. The molecule has 0 amide bonds. The number of rotatable bonds is 1. The molecular formula is C33H24BrN. The van der Waals surface area contributed by atoms with Crippen LogP contribution in [0.25, 0.3) is 32.3 Å². The van der Waals surface area contributed by atoms with Crippen molar-refractivity contribution < 1.29 is 0 Å². The maximum absolute atomic E-state index is 3.74. The first-order valence-electron chi connectivity index (χ1n) is 12.1. The average molecular weight is 514 g/mol. The number of hydrogen-bond donors (Lipinski definition) is 0. The maximum Gasteiger partial charge on any atom is 0.0509 e. The molecule has 2 heteroatoms. The highest BCUT2D eigenvalue weighted by molar-refractivity contribution is 9.10. The Labute approximate surface area is 213 Å². The van der Waals surface area contributed by atoms with Gasteiger partial charge in [-0.1, -0.05) is 96.5 Å². The highest BCUT2D eigenvalue weighted by Crippen LogP contribution is 2.54. The Bertz CT molecular complexity index is 1780. The Morgan fingerprint density at radius 2 is 1.03 bits per heavy atom. The van der Waals surface area contributed by atoms with E-state index in [1.807, 2.05) is 0 Å². The van der Waals surface area contributed by atoms with Crippen molar-refractivity contribution in [1.29, 1.82) is 0 Å². The molecule has 6 aromatic carbocycles. The smallest absolute Gasteiger partial charge is 0.0509 e. The van der Waals surface area contributed by atoms with Gasteiger partial charge >= 0.3 is 0 Å². The van der Waals surface area contributed by atoms with Crippen LogP contribution in [-0.4, -0.2) is 0 Å². The number of halogens is 1. The van der Waals surface area contributed by atoms with Crippen molar-refractivity contribution in [3.05, 3.63) is 125 Å². The van der Waals surface area contributed by atoms with Crippen LogP contribution >= 0.6 is 15.9 Å². The lowest BCUT2D eigenvalue weighted by molar-refractivity contribution is 0.632. The molecule has 0 bridgehead atoms. The number of fused-ring (bicyclic) bond motifs is 8. The minimum Gasteiger partial charge on any atom is -0.310 e. The van der Waals surface area contributed by atoms with Gasteiger partial charge in [0.05, 0.1) is 11.4 Å². The van der Waals surface area contributed by atoms with Crippen LogP contribution < -0.4 is 4.90 Å². The van der Waals surface area contributed by atoms with E-state index in [0.717, 1.165) is 4.47 Å². The lowest BCUT2D eigenvalue weighted by Gasteiger charge is -2.42. The second-order valence-corrected chi connectivity index (χ2v) is 10.9. The fourth-order valence-electron chi connectivity index (χ4n) is 5.96. The molecule has 1 heterocycles. The molecule has 35 heavy (non-hydrogen) atoms. The van der Waals surface area contributed by atoms with Crippen molar-refractivity contribution in [1.82, 2.24) is 0 Å². The summed E-state index contributed by atoms with van der Waals surface area (Å²) in [5, 5.41) is 7.85. The zero-order chi connectivity index (χ0) is 23.7. The average Bonchev–Trinajstić information content (AvgIpc) is 2.89. The lowest BCUT2D eigenvalue weighted by Crippen LogP contribution is -2.30. The molecule has 1 aliphatic heterocycles. The summed E-state index contributed by atoms with van der Waals surface area (Å²) in [4.78, 5) is 2.44. The van der Waals surface area contributed by atoms with E-state index >= 15 is 0 Å². The van der Waals surface area contributed by atoms with E-state index in [-0.39, 0.29) is 5.41 Å². The van der Waals surface area contributed by atoms with E-state index in [0.29, 0.717) is 0 Å². The molecular weight excluding hydrogens is 490 g/mol. The number of hydrogen-bond acceptors (Lipinski definition) is 1. The fraction of sp³-hybridized carbons (Fsp3) is 0.0909. The lowest BCUT2D eigenvalue weighted by atomic mass is 9.72. The highest BCUT2D eigenvalue weighted by atomic mass is 79.9. The van der Waals surface area contributed by atoms with Crippen LogP contribution in [0, 0.1) is 0 Å². The van der Waals surface area contributed by atoms with Gasteiger partial charge in [0.15, 0.2) is 0 Å². The predicted molar refractivity (Wildman–Crippen MR) is 153 cm³/mol. The van der Waals surface area contributed by atoms with E-state index in [9.17, 15) is 0 Å². The topological polar surface area (TPSA) is 3.24 Å². The third-order valence-electron chi connectivity index (χ3n) is 7.66. The van der Waals surface area contributed by atoms with Gasteiger partial charge in [-0.3, -0.25) is 0 Å². The van der Waals surface area contributed by atoms with Gasteiger partial charge in [-0.2, -0.15) is 0 Å². The monoisotopic (exact) mass is 513 g/mol. The van der Waals surface area contributed by atoms with Gasteiger partial charge in [-0.25, -0.2) is 0 Å². The third-order valence-corrected chi connectivity index (χ3v) is 8.16. The van der Waals surface area contributed by atoms with E-state index in [4.69, 9.17) is 0 Å². The summed E-state index contributed by atoms with van der Waals surface area (Å²) >= 11 is 3.74. The quantitative estimate of drug-likeness (QED) is 0.197. The SMILES string of the molecule is CC1(C)c2cc(Br)ccc2N(c2ccccc2)c2cc3c4ccccc4c4ccccc4c3cc21. The Morgan fingerprint density at radius 1 is 0.514 bits per heavy atom. The molecule has 0 saturated carbocycles. The summed E-state index contributed by atoms with van der Waals surface area (Å²) < 4.78 is 1.11. The van der Waals surface area contributed by atoms with Gasteiger partial charge in [-0.05, 0) is 85.9 Å². The molecule has 0 aromatic heterocycles.